The molecule has 0 aliphatic carbocycles. The maximum atomic E-state index is 10.9. The normalized spacial score (nSPS) is 10.9. The fourth-order valence-electron chi connectivity index (χ4n) is 2.93. The number of thiazole rings is 1. The number of aromatic carboxylic acids is 1. The number of hydrogen-bond donors (Lipinski definition) is 3. The van der Waals surface area contributed by atoms with Crippen molar-refractivity contribution < 1.29 is 9.90 Å². The molecule has 0 aliphatic rings. The second kappa shape index (κ2) is 6.69. The highest BCUT2D eigenvalue weighted by molar-refractivity contribution is 7.14. The molecule has 0 radical (unpaired) electrons. The van der Waals surface area contributed by atoms with E-state index in [4.69, 9.17) is 5.11 Å². The molecule has 4 rings (SSSR count). The number of carboxylic acid groups (broad SMARTS) is 1. The fourth-order valence-corrected chi connectivity index (χ4v) is 3.66. The molecule has 9 heteroatoms. The van der Waals surface area contributed by atoms with E-state index in [2.05, 4.69) is 31.5 Å². The minimum absolute atomic E-state index is 0.250. The maximum Gasteiger partial charge on any atom is 0.335 e. The Morgan fingerprint density at radius 1 is 1.26 bits per heavy atom. The van der Waals surface area contributed by atoms with Gasteiger partial charge in [-0.1, -0.05) is 0 Å². The Kier molecular flexibility index (Phi) is 4.21. The zero-order valence-electron chi connectivity index (χ0n) is 14.6. The molecule has 0 fully saturated rings. The first kappa shape index (κ1) is 17.0. The number of aryl methyl sites for hydroxylation is 1. The number of nitrogens with one attached hydrogen (secondary N) is 2. The van der Waals surface area contributed by atoms with E-state index >= 15 is 0 Å². The molecular formula is C18H16N6O2S. The molecule has 3 heterocycles. The highest BCUT2D eigenvalue weighted by Gasteiger charge is 2.16. The van der Waals surface area contributed by atoms with E-state index in [1.165, 1.54) is 17.7 Å². The van der Waals surface area contributed by atoms with Gasteiger partial charge in [0.15, 0.2) is 5.13 Å². The number of anilines is 2. The van der Waals surface area contributed by atoms with Crippen molar-refractivity contribution in [3.63, 3.8) is 0 Å². The Hall–Kier alpha value is -3.46. The van der Waals surface area contributed by atoms with Crippen LogP contribution in [0.2, 0.25) is 0 Å². The van der Waals surface area contributed by atoms with Gasteiger partial charge in [-0.3, -0.25) is 4.57 Å². The van der Waals surface area contributed by atoms with Crippen molar-refractivity contribution in [2.45, 2.75) is 13.8 Å². The van der Waals surface area contributed by atoms with Gasteiger partial charge in [0, 0.05) is 28.0 Å². The second-order valence-electron chi connectivity index (χ2n) is 5.97. The summed E-state index contributed by atoms with van der Waals surface area (Å²) in [6, 6.07) is 8.63. The van der Waals surface area contributed by atoms with Crippen LogP contribution in [-0.4, -0.2) is 35.8 Å². The van der Waals surface area contributed by atoms with E-state index in [9.17, 15) is 4.79 Å². The molecule has 0 saturated heterocycles. The summed E-state index contributed by atoms with van der Waals surface area (Å²) in [5.41, 5.74) is 4.98. The van der Waals surface area contributed by atoms with Gasteiger partial charge in [0.2, 0.25) is 5.95 Å². The van der Waals surface area contributed by atoms with Gasteiger partial charge < -0.3 is 10.4 Å². The van der Waals surface area contributed by atoms with Gasteiger partial charge in [-0.25, -0.2) is 14.9 Å². The molecule has 136 valence electrons. The number of rotatable bonds is 5. The molecule has 27 heavy (non-hydrogen) atoms. The monoisotopic (exact) mass is 380 g/mol. The van der Waals surface area contributed by atoms with Crippen LogP contribution >= 0.6 is 11.3 Å². The summed E-state index contributed by atoms with van der Waals surface area (Å²) < 4.78 is 2.00. The Labute approximate surface area is 158 Å². The molecule has 3 N–H and O–H groups in total. The number of nitrogens with zero attached hydrogens (tertiary/aromatic N) is 4. The largest absolute Gasteiger partial charge is 0.478 e. The number of aromatic nitrogens is 5. The van der Waals surface area contributed by atoms with Gasteiger partial charge in [0.05, 0.1) is 11.3 Å². The molecule has 0 atom stereocenters. The lowest BCUT2D eigenvalue weighted by atomic mass is 10.2. The van der Waals surface area contributed by atoms with Crippen molar-refractivity contribution >= 4 is 28.1 Å². The van der Waals surface area contributed by atoms with Gasteiger partial charge in [-0.05, 0) is 44.2 Å². The lowest BCUT2D eigenvalue weighted by Crippen LogP contribution is -2.01. The average molecular weight is 380 g/mol. The zero-order chi connectivity index (χ0) is 19.0. The van der Waals surface area contributed by atoms with Crippen molar-refractivity contribution in [1.82, 2.24) is 24.7 Å². The molecule has 0 bridgehead atoms. The number of carboxylic acids is 1. The van der Waals surface area contributed by atoms with Gasteiger partial charge >= 0.3 is 5.97 Å². The molecule has 0 unspecified atom stereocenters. The third kappa shape index (κ3) is 3.20. The van der Waals surface area contributed by atoms with Gasteiger partial charge in [0.25, 0.3) is 0 Å². The summed E-state index contributed by atoms with van der Waals surface area (Å²) in [5, 5.41) is 21.7. The first-order valence-electron chi connectivity index (χ1n) is 8.14. The number of aromatic amines is 1. The number of benzene rings is 1. The van der Waals surface area contributed by atoms with Crippen molar-refractivity contribution in [1.29, 1.82) is 0 Å². The second-order valence-corrected chi connectivity index (χ2v) is 6.83. The summed E-state index contributed by atoms with van der Waals surface area (Å²) in [6.07, 6.45) is 1.48. The SMILES string of the molecule is Cc1cc(-c2csc(Nc3ccc(C(=O)O)cc3)n2)c(C)n1-c1ncn[nH]1. The average Bonchev–Trinajstić information content (AvgIpc) is 3.37. The van der Waals surface area contributed by atoms with Crippen LogP contribution < -0.4 is 5.32 Å². The quantitative estimate of drug-likeness (QED) is 0.486. The summed E-state index contributed by atoms with van der Waals surface area (Å²) in [6.45, 7) is 4.02. The molecule has 0 saturated carbocycles. The third-order valence-electron chi connectivity index (χ3n) is 4.21. The molecule has 0 amide bonds. The van der Waals surface area contributed by atoms with Crippen molar-refractivity contribution in [3.05, 3.63) is 59.0 Å². The van der Waals surface area contributed by atoms with Crippen LogP contribution in [0.4, 0.5) is 10.8 Å². The Bertz CT molecular complexity index is 1100. The number of hydrogen-bond acceptors (Lipinski definition) is 6. The van der Waals surface area contributed by atoms with Crippen LogP contribution in [0.3, 0.4) is 0 Å². The van der Waals surface area contributed by atoms with E-state index in [1.54, 1.807) is 24.3 Å². The summed E-state index contributed by atoms with van der Waals surface area (Å²) in [4.78, 5) is 19.8. The molecule has 4 aromatic rings. The minimum Gasteiger partial charge on any atom is -0.478 e. The van der Waals surface area contributed by atoms with E-state index in [0.29, 0.717) is 5.95 Å². The molecule has 1 aromatic carbocycles. The predicted octanol–water partition coefficient (Wildman–Crippen LogP) is 3.78. The van der Waals surface area contributed by atoms with Gasteiger partial charge in [-0.2, -0.15) is 10.1 Å². The lowest BCUT2D eigenvalue weighted by Gasteiger charge is -2.04. The Morgan fingerprint density at radius 2 is 2.04 bits per heavy atom. The Morgan fingerprint density at radius 3 is 2.70 bits per heavy atom. The van der Waals surface area contributed by atoms with E-state index in [0.717, 1.165) is 33.5 Å². The summed E-state index contributed by atoms with van der Waals surface area (Å²) >= 11 is 1.49. The smallest absolute Gasteiger partial charge is 0.335 e. The van der Waals surface area contributed by atoms with Crippen LogP contribution in [0.1, 0.15) is 21.7 Å². The highest BCUT2D eigenvalue weighted by atomic mass is 32.1. The summed E-state index contributed by atoms with van der Waals surface area (Å²) in [7, 11) is 0. The van der Waals surface area contributed by atoms with Crippen LogP contribution in [0.5, 0.6) is 0 Å². The lowest BCUT2D eigenvalue weighted by molar-refractivity contribution is 0.0697. The Balaban J connectivity index is 1.60. The number of H-pyrrole nitrogens is 1. The van der Waals surface area contributed by atoms with Crippen LogP contribution in [0.15, 0.2) is 42.0 Å². The van der Waals surface area contributed by atoms with E-state index in [-0.39, 0.29) is 5.56 Å². The van der Waals surface area contributed by atoms with Crippen LogP contribution in [-0.2, 0) is 0 Å². The molecule has 3 aromatic heterocycles. The molecule has 8 nitrogen and oxygen atoms in total. The van der Waals surface area contributed by atoms with Crippen molar-refractivity contribution in [2.24, 2.45) is 0 Å². The first-order chi connectivity index (χ1) is 13.0. The van der Waals surface area contributed by atoms with Crippen molar-refractivity contribution in [2.75, 3.05) is 5.32 Å². The third-order valence-corrected chi connectivity index (χ3v) is 4.97. The molecule has 0 aliphatic heterocycles. The van der Waals surface area contributed by atoms with Gasteiger partial charge in [-0.15, -0.1) is 11.3 Å². The highest BCUT2D eigenvalue weighted by Crippen LogP contribution is 2.32. The predicted molar refractivity (Wildman–Crippen MR) is 103 cm³/mol. The standard InChI is InChI=1S/C18H16N6O2S/c1-10-7-14(11(2)24(10)17-19-9-20-23-17)15-8-27-18(22-15)21-13-5-3-12(4-6-13)16(25)26/h3-9H,1-2H3,(H,21,22)(H,25,26)(H,19,20,23). The molecule has 0 spiro atoms. The van der Waals surface area contributed by atoms with Crippen LogP contribution in [0.25, 0.3) is 17.2 Å². The zero-order valence-corrected chi connectivity index (χ0v) is 15.4. The van der Waals surface area contributed by atoms with E-state index in [1.807, 2.05) is 23.8 Å². The van der Waals surface area contributed by atoms with Crippen LogP contribution in [0, 0.1) is 13.8 Å². The fraction of sp³-hybridized carbons (Fsp3) is 0.111. The van der Waals surface area contributed by atoms with Crippen molar-refractivity contribution in [3.8, 4) is 17.2 Å². The van der Waals surface area contributed by atoms with E-state index < -0.39 is 5.97 Å². The maximum absolute atomic E-state index is 10.9. The number of carbonyl (C=O) groups is 1. The summed E-state index contributed by atoms with van der Waals surface area (Å²) in [5.74, 6) is -0.274. The first-order valence-corrected chi connectivity index (χ1v) is 9.02. The molecular weight excluding hydrogens is 364 g/mol. The topological polar surface area (TPSA) is 109 Å². The van der Waals surface area contributed by atoms with Gasteiger partial charge in [0.1, 0.15) is 6.33 Å². The minimum atomic E-state index is -0.944.